The first kappa shape index (κ1) is 55.6. The molecule has 1 fully saturated rings. The van der Waals surface area contributed by atoms with Gasteiger partial charge in [-0.25, -0.2) is 29.9 Å². The Hall–Kier alpha value is -10.3. The van der Waals surface area contributed by atoms with Gasteiger partial charge < -0.3 is 27.0 Å². The Balaban J connectivity index is 0.000000154. The van der Waals surface area contributed by atoms with Crippen LogP contribution in [0.1, 0.15) is 42.5 Å². The standard InChI is InChI=1S/C39H30BN3O4.C33H18ClN3O2.2CH4/c1-38(2)39(3,4)47-40(46-38)25-18-20-31-29(22-25)26-19-17-24(21-33(26)45-31)36-41-35(23-11-6-5-7-12-23)42-37(43-36)28-14-10-16-32-34(28)27-13-8-9-15-30(27)44-32;34-21-14-16-27-25(18-21)22-15-13-20(17-29(22)39-27)32-35-31(19-7-2-1-3-8-19)36-33(37-32)24-10-6-12-28-30(24)23-9-4-5-11-26(23)38-28;;/h5-22H,1-4H3;1-18H;2*1H4. The van der Waals surface area contributed by atoms with Crippen molar-refractivity contribution in [2.75, 3.05) is 0 Å². The highest BCUT2D eigenvalue weighted by molar-refractivity contribution is 6.62. The fourth-order valence-corrected chi connectivity index (χ4v) is 11.7. The van der Waals surface area contributed by atoms with Gasteiger partial charge in [0.05, 0.1) is 11.2 Å². The summed E-state index contributed by atoms with van der Waals surface area (Å²) in [4.78, 5) is 29.8. The molecule has 1 saturated heterocycles. The van der Waals surface area contributed by atoms with Gasteiger partial charge in [-0.2, -0.15) is 0 Å². The second kappa shape index (κ2) is 21.6. The van der Waals surface area contributed by atoms with Gasteiger partial charge in [-0.05, 0) is 106 Å². The van der Waals surface area contributed by atoms with Crippen LogP contribution in [0.4, 0.5) is 0 Å². The molecule has 0 saturated carbocycles. The van der Waals surface area contributed by atoms with E-state index in [2.05, 4.69) is 52.0 Å². The fourth-order valence-electron chi connectivity index (χ4n) is 11.6. The molecule has 17 rings (SSSR count). The maximum absolute atomic E-state index is 6.37. The Morgan fingerprint density at radius 3 is 1.18 bits per heavy atom. The van der Waals surface area contributed by atoms with Crippen molar-refractivity contribution in [3.63, 3.8) is 0 Å². The number of nitrogens with zero attached hydrogens (tertiary/aromatic N) is 6. The van der Waals surface area contributed by atoms with Crippen LogP contribution in [-0.2, 0) is 9.31 Å². The van der Waals surface area contributed by atoms with Crippen LogP contribution in [0.15, 0.2) is 236 Å². The average molecular weight is 1170 g/mol. The molecule has 1 aliphatic heterocycles. The molecule has 428 valence electrons. The molecule has 0 unspecified atom stereocenters. The molecule has 6 aromatic heterocycles. The van der Waals surface area contributed by atoms with Gasteiger partial charge in [0.15, 0.2) is 34.9 Å². The number of hydrogen-bond donors (Lipinski definition) is 0. The lowest BCUT2D eigenvalue weighted by molar-refractivity contribution is 0.00578. The third kappa shape index (κ3) is 9.51. The Kier molecular flexibility index (Phi) is 13.6. The molecule has 0 radical (unpaired) electrons. The smallest absolute Gasteiger partial charge is 0.456 e. The van der Waals surface area contributed by atoms with Crippen molar-refractivity contribution in [3.05, 3.63) is 223 Å². The first-order chi connectivity index (χ1) is 41.9. The number of hydrogen-bond acceptors (Lipinski definition) is 12. The molecule has 12 nitrogen and oxygen atoms in total. The van der Waals surface area contributed by atoms with Crippen LogP contribution < -0.4 is 5.46 Å². The van der Waals surface area contributed by atoms with E-state index < -0.39 is 18.3 Å². The Morgan fingerprint density at radius 1 is 0.307 bits per heavy atom. The second-order valence-corrected chi connectivity index (χ2v) is 22.9. The van der Waals surface area contributed by atoms with E-state index in [1.54, 1.807) is 0 Å². The molecule has 14 heteroatoms. The number of rotatable bonds is 7. The van der Waals surface area contributed by atoms with Crippen LogP contribution in [0.5, 0.6) is 0 Å². The van der Waals surface area contributed by atoms with E-state index in [-0.39, 0.29) is 14.9 Å². The number of halogens is 1. The lowest BCUT2D eigenvalue weighted by atomic mass is 9.78. The molecule has 1 aliphatic rings. The SMILES string of the molecule is C.C.CC1(C)OB(c2ccc3oc4cc(-c5nc(-c6ccccc6)nc(-c6cccc7oc8ccccc8c67)n5)ccc4c3c2)OC1(C)C.Clc1ccc2oc3cc(-c4nc(-c5ccccc5)nc(-c5cccc6oc7ccccc7c56)n4)ccc3c2c1. The summed E-state index contributed by atoms with van der Waals surface area (Å²) in [5.74, 6) is 3.45. The molecule has 0 bridgehead atoms. The van der Waals surface area contributed by atoms with Gasteiger partial charge >= 0.3 is 7.12 Å². The lowest BCUT2D eigenvalue weighted by Crippen LogP contribution is -2.41. The Labute approximate surface area is 511 Å². The molecule has 0 amide bonds. The monoisotopic (exact) mass is 1170 g/mol. The summed E-state index contributed by atoms with van der Waals surface area (Å²) in [6.07, 6.45) is 0. The van der Waals surface area contributed by atoms with Crippen molar-refractivity contribution in [2.24, 2.45) is 0 Å². The van der Waals surface area contributed by atoms with Crippen molar-refractivity contribution >= 4 is 112 Å². The number of benzene rings is 10. The van der Waals surface area contributed by atoms with Crippen LogP contribution in [0.25, 0.3) is 156 Å². The minimum Gasteiger partial charge on any atom is -0.456 e. The summed E-state index contributed by atoms with van der Waals surface area (Å²) < 4.78 is 37.5. The topological polar surface area (TPSA) is 148 Å². The van der Waals surface area contributed by atoms with E-state index in [0.717, 1.165) is 127 Å². The van der Waals surface area contributed by atoms with E-state index in [4.69, 9.17) is 68.5 Å². The molecule has 16 aromatic rings. The number of furan rings is 4. The van der Waals surface area contributed by atoms with Gasteiger partial charge in [-0.1, -0.05) is 172 Å². The maximum atomic E-state index is 6.37. The van der Waals surface area contributed by atoms with E-state index in [0.29, 0.717) is 40.0 Å². The molecule has 0 N–H and O–H groups in total. The van der Waals surface area contributed by atoms with Crippen molar-refractivity contribution in [3.8, 4) is 68.3 Å². The normalized spacial score (nSPS) is 13.6. The molecule has 0 spiro atoms. The van der Waals surface area contributed by atoms with Crippen LogP contribution >= 0.6 is 11.6 Å². The molecule has 10 aromatic carbocycles. The lowest BCUT2D eigenvalue weighted by Gasteiger charge is -2.32. The predicted molar refractivity (Wildman–Crippen MR) is 356 cm³/mol. The molecular weight excluding hydrogens is 1120 g/mol. The number of fused-ring (bicyclic) bond motifs is 12. The molecule has 88 heavy (non-hydrogen) atoms. The van der Waals surface area contributed by atoms with Gasteiger partial charge in [0.2, 0.25) is 0 Å². The summed E-state index contributed by atoms with van der Waals surface area (Å²) in [6, 6.07) is 71.8. The molecule has 0 aliphatic carbocycles. The van der Waals surface area contributed by atoms with Gasteiger partial charge in [-0.3, -0.25) is 0 Å². The van der Waals surface area contributed by atoms with Gasteiger partial charge in [-0.15, -0.1) is 0 Å². The summed E-state index contributed by atoms with van der Waals surface area (Å²) in [6.45, 7) is 8.25. The Bertz CT molecular complexity index is 5350. The maximum Gasteiger partial charge on any atom is 0.494 e. The summed E-state index contributed by atoms with van der Waals surface area (Å²) in [5.41, 5.74) is 11.7. The Morgan fingerprint density at radius 2 is 0.693 bits per heavy atom. The van der Waals surface area contributed by atoms with Crippen molar-refractivity contribution < 1.29 is 27.0 Å². The number of aromatic nitrogens is 6. The fraction of sp³-hybridized carbons (Fsp3) is 0.108. The van der Waals surface area contributed by atoms with E-state index in [1.807, 2.05) is 194 Å². The summed E-state index contributed by atoms with van der Waals surface area (Å²) in [7, 11) is -0.453. The van der Waals surface area contributed by atoms with E-state index >= 15 is 0 Å². The van der Waals surface area contributed by atoms with Crippen LogP contribution in [0.2, 0.25) is 5.02 Å². The van der Waals surface area contributed by atoms with E-state index in [1.165, 1.54) is 0 Å². The zero-order chi connectivity index (χ0) is 57.8. The second-order valence-electron chi connectivity index (χ2n) is 22.5. The molecular formula is C74H56BClN6O6. The highest BCUT2D eigenvalue weighted by Gasteiger charge is 2.51. The van der Waals surface area contributed by atoms with Gasteiger partial charge in [0, 0.05) is 81.5 Å². The van der Waals surface area contributed by atoms with Crippen LogP contribution in [0, 0.1) is 0 Å². The summed E-state index contributed by atoms with van der Waals surface area (Å²) >= 11 is 6.25. The van der Waals surface area contributed by atoms with Gasteiger partial charge in [0.25, 0.3) is 0 Å². The van der Waals surface area contributed by atoms with Crippen molar-refractivity contribution in [1.29, 1.82) is 0 Å². The van der Waals surface area contributed by atoms with Gasteiger partial charge in [0.1, 0.15) is 44.7 Å². The third-order valence-electron chi connectivity index (χ3n) is 16.6. The first-order valence-corrected chi connectivity index (χ1v) is 28.7. The van der Waals surface area contributed by atoms with Crippen LogP contribution in [0.3, 0.4) is 0 Å². The highest BCUT2D eigenvalue weighted by atomic mass is 35.5. The van der Waals surface area contributed by atoms with E-state index in [9.17, 15) is 0 Å². The third-order valence-corrected chi connectivity index (χ3v) is 16.8. The minimum absolute atomic E-state index is 0. The zero-order valence-electron chi connectivity index (χ0n) is 46.9. The largest absolute Gasteiger partial charge is 0.494 e. The quantitative estimate of drug-likeness (QED) is 0.140. The number of para-hydroxylation sites is 2. The molecule has 7 heterocycles. The molecule has 0 atom stereocenters. The van der Waals surface area contributed by atoms with Crippen molar-refractivity contribution in [2.45, 2.75) is 53.8 Å². The van der Waals surface area contributed by atoms with Crippen LogP contribution in [-0.4, -0.2) is 48.2 Å². The first-order valence-electron chi connectivity index (χ1n) is 28.3. The minimum atomic E-state index is -0.453. The predicted octanol–water partition coefficient (Wildman–Crippen LogP) is 19.6. The zero-order valence-corrected chi connectivity index (χ0v) is 47.6. The summed E-state index contributed by atoms with van der Waals surface area (Å²) in [5, 5.41) is 8.63. The highest BCUT2D eigenvalue weighted by Crippen LogP contribution is 2.42. The average Bonchev–Trinajstić information content (AvgIpc) is 2.63. The van der Waals surface area contributed by atoms with Crippen molar-refractivity contribution in [1.82, 2.24) is 29.9 Å².